The molecule has 2 heteroatoms. The number of hydrogen-bond acceptors (Lipinski definition) is 2. The van der Waals surface area contributed by atoms with E-state index in [0.29, 0.717) is 12.2 Å². The Morgan fingerprint density at radius 2 is 1.40 bits per heavy atom. The molecule has 2 nitrogen and oxygen atoms in total. The van der Waals surface area contributed by atoms with E-state index >= 15 is 0 Å². The van der Waals surface area contributed by atoms with Crippen molar-refractivity contribution in [3.05, 3.63) is 11.6 Å². The second-order valence-electron chi connectivity index (χ2n) is 6.43. The molecule has 1 saturated carbocycles. The monoisotopic (exact) mass is 280 g/mol. The third kappa shape index (κ3) is 9.06. The van der Waals surface area contributed by atoms with Crippen LogP contribution < -0.4 is 0 Å². The summed E-state index contributed by atoms with van der Waals surface area (Å²) in [7, 11) is 0. The first kappa shape index (κ1) is 19.1. The summed E-state index contributed by atoms with van der Waals surface area (Å²) < 4.78 is 0. The van der Waals surface area contributed by atoms with Crippen LogP contribution in [0.15, 0.2) is 11.6 Å². The number of allylic oxidation sites excluding steroid dienone is 2. The molecule has 0 aromatic carbocycles. The second-order valence-corrected chi connectivity index (χ2v) is 6.43. The molecule has 20 heavy (non-hydrogen) atoms. The first-order chi connectivity index (χ1) is 9.39. The van der Waals surface area contributed by atoms with E-state index in [9.17, 15) is 9.59 Å². The van der Waals surface area contributed by atoms with Crippen LogP contribution >= 0.6 is 0 Å². The lowest BCUT2D eigenvalue weighted by atomic mass is 9.77. The van der Waals surface area contributed by atoms with Crippen LogP contribution in [0.3, 0.4) is 0 Å². The van der Waals surface area contributed by atoms with E-state index in [4.69, 9.17) is 0 Å². The standard InChI is InChI=1S/C9H14O.C7H12O.C2H6/c1-7-4-8(10)6-9(2,3)5-7;8-7-5-3-1-2-4-6-7;1-2/h4H,5-6H2,1-3H3;1-6H2;1-2H3. The second kappa shape index (κ2) is 9.90. The van der Waals surface area contributed by atoms with Gasteiger partial charge in [-0.1, -0.05) is 46.1 Å². The molecule has 0 heterocycles. The molecule has 0 atom stereocenters. The van der Waals surface area contributed by atoms with Crippen LogP contribution in [0.25, 0.3) is 0 Å². The zero-order valence-electron chi connectivity index (χ0n) is 14.1. The van der Waals surface area contributed by atoms with Crippen molar-refractivity contribution in [1.82, 2.24) is 0 Å². The zero-order chi connectivity index (χ0) is 15.6. The minimum atomic E-state index is 0.204. The number of carbonyl (C=O) groups excluding carboxylic acids is 2. The van der Waals surface area contributed by atoms with Gasteiger partial charge in [-0.05, 0) is 37.7 Å². The van der Waals surface area contributed by atoms with Gasteiger partial charge in [0.2, 0.25) is 0 Å². The molecule has 1 fully saturated rings. The fourth-order valence-corrected chi connectivity index (χ4v) is 2.79. The highest BCUT2D eigenvalue weighted by molar-refractivity contribution is 5.91. The summed E-state index contributed by atoms with van der Waals surface area (Å²) in [5.41, 5.74) is 1.43. The van der Waals surface area contributed by atoms with Gasteiger partial charge in [0.05, 0.1) is 0 Å². The third-order valence-corrected chi connectivity index (χ3v) is 3.48. The molecule has 2 aliphatic carbocycles. The number of hydrogen-bond donors (Lipinski definition) is 0. The van der Waals surface area contributed by atoms with Gasteiger partial charge in [-0.25, -0.2) is 0 Å². The molecule has 0 N–H and O–H groups in total. The fraction of sp³-hybridized carbons (Fsp3) is 0.778. The topological polar surface area (TPSA) is 34.1 Å². The predicted molar refractivity (Wildman–Crippen MR) is 85.8 cm³/mol. The Hall–Kier alpha value is -0.920. The molecule has 0 spiro atoms. The molecular formula is C18H32O2. The van der Waals surface area contributed by atoms with E-state index in [-0.39, 0.29) is 11.2 Å². The van der Waals surface area contributed by atoms with Gasteiger partial charge in [0, 0.05) is 19.3 Å². The molecule has 0 aliphatic heterocycles. The van der Waals surface area contributed by atoms with Crippen LogP contribution in [-0.2, 0) is 9.59 Å². The van der Waals surface area contributed by atoms with Crippen molar-refractivity contribution in [2.45, 2.75) is 86.0 Å². The Balaban J connectivity index is 0.000000327. The van der Waals surface area contributed by atoms with Gasteiger partial charge < -0.3 is 0 Å². The van der Waals surface area contributed by atoms with Gasteiger partial charge in [-0.15, -0.1) is 0 Å². The molecule has 2 aliphatic rings. The van der Waals surface area contributed by atoms with Gasteiger partial charge in [-0.2, -0.15) is 0 Å². The van der Waals surface area contributed by atoms with E-state index in [1.165, 1.54) is 18.4 Å². The molecule has 0 radical (unpaired) electrons. The number of carbonyl (C=O) groups is 2. The minimum Gasteiger partial charge on any atom is -0.300 e. The average Bonchev–Trinajstić information content (AvgIpc) is 2.57. The van der Waals surface area contributed by atoms with E-state index in [0.717, 1.165) is 32.1 Å². The molecule has 0 aromatic heterocycles. The maximum absolute atomic E-state index is 11.0. The van der Waals surface area contributed by atoms with Crippen LogP contribution in [0.4, 0.5) is 0 Å². The highest BCUT2D eigenvalue weighted by Gasteiger charge is 2.25. The fourth-order valence-electron chi connectivity index (χ4n) is 2.79. The zero-order valence-corrected chi connectivity index (χ0v) is 14.1. The van der Waals surface area contributed by atoms with Gasteiger partial charge in [0.25, 0.3) is 0 Å². The lowest BCUT2D eigenvalue weighted by molar-refractivity contribution is -0.119. The van der Waals surface area contributed by atoms with E-state index in [1.54, 1.807) is 6.08 Å². The van der Waals surface area contributed by atoms with Gasteiger partial charge >= 0.3 is 0 Å². The van der Waals surface area contributed by atoms with Crippen molar-refractivity contribution >= 4 is 11.6 Å². The molecule has 0 amide bonds. The summed E-state index contributed by atoms with van der Waals surface area (Å²) in [6.45, 7) is 10.3. The Labute approximate surface area is 125 Å². The predicted octanol–water partition coefficient (Wildman–Crippen LogP) is 5.26. The Morgan fingerprint density at radius 1 is 0.900 bits per heavy atom. The van der Waals surface area contributed by atoms with Crippen LogP contribution in [0.2, 0.25) is 0 Å². The third-order valence-electron chi connectivity index (χ3n) is 3.48. The molecule has 116 valence electrons. The summed E-state index contributed by atoms with van der Waals surface area (Å²) in [5.74, 6) is 0.760. The van der Waals surface area contributed by atoms with Gasteiger partial charge in [0.15, 0.2) is 5.78 Å². The molecular weight excluding hydrogens is 248 g/mol. The van der Waals surface area contributed by atoms with E-state index in [1.807, 2.05) is 20.8 Å². The van der Waals surface area contributed by atoms with Crippen molar-refractivity contribution in [1.29, 1.82) is 0 Å². The molecule has 2 rings (SSSR count). The maximum atomic E-state index is 11.0. The van der Waals surface area contributed by atoms with Crippen molar-refractivity contribution in [2.24, 2.45) is 5.41 Å². The lowest BCUT2D eigenvalue weighted by Gasteiger charge is -2.27. The smallest absolute Gasteiger partial charge is 0.156 e. The molecule has 0 aromatic rings. The Bertz CT molecular complexity index is 327. The van der Waals surface area contributed by atoms with Crippen molar-refractivity contribution in [2.75, 3.05) is 0 Å². The lowest BCUT2D eigenvalue weighted by Crippen LogP contribution is -2.20. The molecule has 0 unspecified atom stereocenters. The summed E-state index contributed by atoms with van der Waals surface area (Å²) in [6.07, 6.45) is 10.1. The van der Waals surface area contributed by atoms with Crippen LogP contribution in [0.1, 0.15) is 86.0 Å². The Morgan fingerprint density at radius 3 is 1.80 bits per heavy atom. The van der Waals surface area contributed by atoms with Crippen molar-refractivity contribution in [3.8, 4) is 0 Å². The first-order valence-corrected chi connectivity index (χ1v) is 8.11. The highest BCUT2D eigenvalue weighted by atomic mass is 16.1. The number of ketones is 2. The Kier molecular flexibility index (Phi) is 9.45. The largest absolute Gasteiger partial charge is 0.300 e. The van der Waals surface area contributed by atoms with E-state index in [2.05, 4.69) is 13.8 Å². The van der Waals surface area contributed by atoms with Crippen molar-refractivity contribution in [3.63, 3.8) is 0 Å². The van der Waals surface area contributed by atoms with Crippen LogP contribution in [0, 0.1) is 5.41 Å². The summed E-state index contributed by atoms with van der Waals surface area (Å²) in [5, 5.41) is 0. The molecule has 0 saturated heterocycles. The van der Waals surface area contributed by atoms with Crippen molar-refractivity contribution < 1.29 is 9.59 Å². The highest BCUT2D eigenvalue weighted by Crippen LogP contribution is 2.32. The number of Topliss-reactive ketones (excluding diaryl/α,β-unsaturated/α-hetero) is 1. The normalized spacial score (nSPS) is 21.6. The summed E-state index contributed by atoms with van der Waals surface area (Å²) >= 11 is 0. The summed E-state index contributed by atoms with van der Waals surface area (Å²) in [4.78, 5) is 21.7. The quantitative estimate of drug-likeness (QED) is 0.567. The average molecular weight is 280 g/mol. The SMILES string of the molecule is CC.CC1=CC(=O)CC(C)(C)C1.O=C1CCCCCC1. The van der Waals surface area contributed by atoms with Crippen LogP contribution in [-0.4, -0.2) is 11.6 Å². The van der Waals surface area contributed by atoms with Crippen LogP contribution in [0.5, 0.6) is 0 Å². The molecule has 0 bridgehead atoms. The minimum absolute atomic E-state index is 0.204. The summed E-state index contributed by atoms with van der Waals surface area (Å²) in [6, 6.07) is 0. The maximum Gasteiger partial charge on any atom is 0.156 e. The number of rotatable bonds is 0. The van der Waals surface area contributed by atoms with E-state index < -0.39 is 0 Å². The first-order valence-electron chi connectivity index (χ1n) is 8.11. The van der Waals surface area contributed by atoms with Gasteiger partial charge in [0.1, 0.15) is 5.78 Å². The van der Waals surface area contributed by atoms with Gasteiger partial charge in [-0.3, -0.25) is 9.59 Å².